The van der Waals surface area contributed by atoms with Crippen LogP contribution in [0.2, 0.25) is 0 Å². The van der Waals surface area contributed by atoms with E-state index in [9.17, 15) is 4.79 Å². The summed E-state index contributed by atoms with van der Waals surface area (Å²) in [6.07, 6.45) is 18.4. The number of oxazole rings is 1. The van der Waals surface area contributed by atoms with Gasteiger partial charge in [0, 0.05) is 36.2 Å². The summed E-state index contributed by atoms with van der Waals surface area (Å²) in [6, 6.07) is 14.8. The van der Waals surface area contributed by atoms with Gasteiger partial charge in [-0.1, -0.05) is 62.2 Å². The van der Waals surface area contributed by atoms with Crippen molar-refractivity contribution in [1.82, 2.24) is 4.98 Å². The molecule has 3 aromatic rings. The van der Waals surface area contributed by atoms with Crippen molar-refractivity contribution in [2.75, 3.05) is 24.8 Å². The first kappa shape index (κ1) is 32.3. The second-order valence-electron chi connectivity index (χ2n) is 12.1. The number of hydrogen-bond acceptors (Lipinski definition) is 6. The van der Waals surface area contributed by atoms with E-state index in [1.165, 1.54) is 24.6 Å². The van der Waals surface area contributed by atoms with Gasteiger partial charge in [0.05, 0.1) is 36.6 Å². The highest BCUT2D eigenvalue weighted by Gasteiger charge is 2.32. The smallest absolute Gasteiger partial charge is 0.287 e. The Hall–Kier alpha value is -4.66. The second kappa shape index (κ2) is 14.8. The van der Waals surface area contributed by atoms with Crippen molar-refractivity contribution in [3.8, 4) is 11.1 Å². The fourth-order valence-electron chi connectivity index (χ4n) is 6.83. The molecule has 8 heteroatoms. The minimum atomic E-state index is 0.0301. The van der Waals surface area contributed by atoms with Crippen LogP contribution in [0.15, 0.2) is 112 Å². The number of carbonyl (C=O) groups is 1. The van der Waals surface area contributed by atoms with Gasteiger partial charge in [-0.25, -0.2) is 4.98 Å². The van der Waals surface area contributed by atoms with E-state index in [0.717, 1.165) is 94.8 Å². The van der Waals surface area contributed by atoms with Gasteiger partial charge in [0.25, 0.3) is 12.0 Å². The van der Waals surface area contributed by atoms with Crippen LogP contribution in [-0.4, -0.2) is 25.0 Å². The van der Waals surface area contributed by atoms with Crippen LogP contribution in [0, 0.1) is 0 Å². The predicted molar refractivity (Wildman–Crippen MR) is 186 cm³/mol. The topological polar surface area (TPSA) is 88.3 Å². The number of rotatable bonds is 8. The monoisotopic (exact) mass is 634 g/mol. The zero-order chi connectivity index (χ0) is 32.8. The van der Waals surface area contributed by atoms with Crippen LogP contribution in [0.5, 0.6) is 0 Å². The highest BCUT2D eigenvalue weighted by molar-refractivity contribution is 5.96. The largest absolute Gasteiger partial charge is 0.444 e. The fourth-order valence-corrected chi connectivity index (χ4v) is 6.83. The lowest BCUT2D eigenvalue weighted by molar-refractivity contribution is -0.559. The van der Waals surface area contributed by atoms with Crippen LogP contribution in [0.25, 0.3) is 16.7 Å². The van der Waals surface area contributed by atoms with Crippen LogP contribution in [-0.2, 0) is 19.2 Å². The maximum atomic E-state index is 13.1. The van der Waals surface area contributed by atoms with Gasteiger partial charge in [-0.2, -0.15) is 4.89 Å². The summed E-state index contributed by atoms with van der Waals surface area (Å²) >= 11 is 0. The van der Waals surface area contributed by atoms with Gasteiger partial charge in [0.1, 0.15) is 5.04 Å². The zero-order valence-corrected chi connectivity index (χ0v) is 27.7. The van der Waals surface area contributed by atoms with Gasteiger partial charge in [0.2, 0.25) is 5.91 Å². The molecular weight excluding hydrogens is 590 g/mol. The lowest BCUT2D eigenvalue weighted by Crippen LogP contribution is -2.15. The maximum absolute atomic E-state index is 13.1. The molecule has 3 aliphatic rings. The van der Waals surface area contributed by atoms with Crippen molar-refractivity contribution in [2.24, 2.45) is 0 Å². The van der Waals surface area contributed by atoms with Crippen LogP contribution in [0.3, 0.4) is 0 Å². The van der Waals surface area contributed by atoms with Gasteiger partial charge < -0.3 is 19.6 Å². The zero-order valence-electron chi connectivity index (χ0n) is 27.7. The summed E-state index contributed by atoms with van der Waals surface area (Å²) < 4.78 is 8.66. The summed E-state index contributed by atoms with van der Waals surface area (Å²) in [5.74, 6) is 1.79. The van der Waals surface area contributed by atoms with E-state index in [-0.39, 0.29) is 11.8 Å². The van der Waals surface area contributed by atoms with Crippen molar-refractivity contribution in [2.45, 2.75) is 71.1 Å². The third kappa shape index (κ3) is 7.04. The highest BCUT2D eigenvalue weighted by atomic mass is 17.6. The van der Waals surface area contributed by atoms with Crippen molar-refractivity contribution < 1.29 is 23.7 Å². The molecule has 1 aliphatic carbocycles. The van der Waals surface area contributed by atoms with E-state index < -0.39 is 0 Å². The maximum Gasteiger partial charge on any atom is 0.287 e. The quantitative estimate of drug-likeness (QED) is 0.146. The molecule has 1 atom stereocenters. The number of amides is 1. The van der Waals surface area contributed by atoms with Crippen molar-refractivity contribution in [3.05, 3.63) is 119 Å². The van der Waals surface area contributed by atoms with Crippen LogP contribution >= 0.6 is 0 Å². The molecule has 0 fully saturated rings. The second-order valence-corrected chi connectivity index (χ2v) is 12.1. The molecule has 6 rings (SSSR count). The Bertz CT molecular complexity index is 1760. The Morgan fingerprint density at radius 2 is 1.96 bits per heavy atom. The number of hydrogen-bond donors (Lipinski definition) is 2. The van der Waals surface area contributed by atoms with Gasteiger partial charge in [-0.05, 0) is 73.1 Å². The normalized spacial score (nSPS) is 18.9. The lowest BCUT2D eigenvalue weighted by Gasteiger charge is -2.23. The Morgan fingerprint density at radius 1 is 1.06 bits per heavy atom. The molecule has 0 radical (unpaired) electrons. The summed E-state index contributed by atoms with van der Waals surface area (Å²) in [7, 11) is 3.40. The SMILES string of the molecule is CCC1=CC(C2=C[O+](OOC)C(CC)=C(C3CCCCC(=O)Nc4cc(NC)ccc4-c4cccc3c4)C=C2)=C(c2cnco2)CC1. The first-order valence-corrected chi connectivity index (χ1v) is 16.6. The Balaban J connectivity index is 1.47. The minimum Gasteiger partial charge on any atom is -0.444 e. The van der Waals surface area contributed by atoms with E-state index >= 15 is 0 Å². The van der Waals surface area contributed by atoms with Gasteiger partial charge >= 0.3 is 0 Å². The number of allylic oxidation sites excluding steroid dienone is 9. The minimum absolute atomic E-state index is 0.0301. The molecule has 47 heavy (non-hydrogen) atoms. The van der Waals surface area contributed by atoms with E-state index in [1.54, 1.807) is 6.20 Å². The molecule has 8 nitrogen and oxygen atoms in total. The molecule has 2 aliphatic heterocycles. The first-order chi connectivity index (χ1) is 23.0. The number of benzene rings is 2. The summed E-state index contributed by atoms with van der Waals surface area (Å²) in [5, 5.41) is 12.2. The highest BCUT2D eigenvalue weighted by Crippen LogP contribution is 2.43. The molecule has 2 N–H and O–H groups in total. The van der Waals surface area contributed by atoms with Gasteiger partial charge in [0.15, 0.2) is 12.2 Å². The van der Waals surface area contributed by atoms with Crippen LogP contribution < -0.4 is 10.6 Å². The molecule has 1 aromatic heterocycles. The number of aromatic nitrogens is 1. The number of carbonyl (C=O) groups excluding carboxylic acids is 1. The van der Waals surface area contributed by atoms with Crippen molar-refractivity contribution in [3.63, 3.8) is 0 Å². The fraction of sp³-hybridized carbons (Fsp3) is 0.333. The van der Waals surface area contributed by atoms with Gasteiger partial charge in [-0.3, -0.25) is 4.79 Å². The average molecular weight is 635 g/mol. The van der Waals surface area contributed by atoms with Crippen LogP contribution in [0.1, 0.15) is 82.5 Å². The first-order valence-electron chi connectivity index (χ1n) is 16.6. The molecule has 3 heterocycles. The molecule has 0 saturated heterocycles. The Kier molecular flexibility index (Phi) is 10.2. The van der Waals surface area contributed by atoms with E-state index in [0.29, 0.717) is 12.8 Å². The molecule has 2 aromatic carbocycles. The molecule has 2 bridgehead atoms. The lowest BCUT2D eigenvalue weighted by atomic mass is 9.83. The van der Waals surface area contributed by atoms with E-state index in [1.807, 2.05) is 25.4 Å². The molecule has 1 unspecified atom stereocenters. The number of fused-ring (bicyclic) bond motifs is 4. The van der Waals surface area contributed by atoms with Crippen molar-refractivity contribution in [1.29, 1.82) is 0 Å². The molecule has 0 saturated carbocycles. The average Bonchev–Trinajstić information content (AvgIpc) is 3.57. The summed E-state index contributed by atoms with van der Waals surface area (Å²) in [6.45, 7) is 4.32. The number of nitrogens with one attached hydrogen (secondary N) is 2. The Labute approximate surface area is 277 Å². The Morgan fingerprint density at radius 3 is 2.72 bits per heavy atom. The summed E-state index contributed by atoms with van der Waals surface area (Å²) in [5.41, 5.74) is 10.7. The number of anilines is 2. The van der Waals surface area contributed by atoms with Crippen molar-refractivity contribution >= 4 is 22.9 Å². The molecule has 0 spiro atoms. The molecule has 244 valence electrons. The number of nitrogens with zero attached hydrogens (tertiary/aromatic N) is 1. The summed E-state index contributed by atoms with van der Waals surface area (Å²) in [4.78, 5) is 22.5. The molecule has 1 amide bonds. The predicted octanol–water partition coefficient (Wildman–Crippen LogP) is 9.73. The van der Waals surface area contributed by atoms with Gasteiger partial charge in [-0.15, -0.1) is 0 Å². The van der Waals surface area contributed by atoms with E-state index in [4.69, 9.17) is 14.3 Å². The standard InChI is InChI=1S/C39H43N3O5/c1-5-26-14-17-33(37-23-41-25-45-37)35(20-26)29-15-18-34(38(6-2)47(24-29)46-44-4)31-12-7-8-13-39(43)42-36-22-30(40-3)16-19-32(36)28-11-9-10-27(31)21-28/h9-11,15-16,18-25,31,40H,5-8,12-14,17H2,1-4H3/p+1. The third-order valence-electron chi connectivity index (χ3n) is 9.27. The van der Waals surface area contributed by atoms with E-state index in [2.05, 4.69) is 82.5 Å². The molecular formula is C39H44N3O5+. The third-order valence-corrected chi connectivity index (χ3v) is 9.27. The van der Waals surface area contributed by atoms with Crippen LogP contribution in [0.4, 0.5) is 11.4 Å².